The molecule has 0 bridgehead atoms. The Bertz CT molecular complexity index is 616. The Morgan fingerprint density at radius 3 is 2.79 bits per heavy atom. The minimum absolute atomic E-state index is 0.0626. The first-order valence-electron chi connectivity index (χ1n) is 6.17. The van der Waals surface area contributed by atoms with Gasteiger partial charge in [0.1, 0.15) is 0 Å². The summed E-state index contributed by atoms with van der Waals surface area (Å²) in [7, 11) is 0. The summed E-state index contributed by atoms with van der Waals surface area (Å²) in [4.78, 5) is 25.7. The fraction of sp³-hybridized carbons (Fsp3) is 0.286. The van der Waals surface area contributed by atoms with Crippen molar-refractivity contribution in [2.75, 3.05) is 6.54 Å². The zero-order valence-corrected chi connectivity index (χ0v) is 10.7. The highest BCUT2D eigenvalue weighted by Gasteiger charge is 2.15. The molecule has 0 aliphatic carbocycles. The molecule has 1 amide bonds. The van der Waals surface area contributed by atoms with E-state index in [9.17, 15) is 9.59 Å². The Hall–Kier alpha value is -2.30. The SMILES string of the molecule is Cc1[nH]c2ccccc2c1C(=O)NCCCC(=O)O. The normalized spacial score (nSPS) is 10.6. The molecule has 2 aromatic rings. The van der Waals surface area contributed by atoms with Gasteiger partial charge in [0.25, 0.3) is 5.91 Å². The van der Waals surface area contributed by atoms with Crippen molar-refractivity contribution in [3.05, 3.63) is 35.5 Å². The van der Waals surface area contributed by atoms with Crippen LogP contribution in [0.4, 0.5) is 0 Å². The van der Waals surface area contributed by atoms with E-state index in [0.29, 0.717) is 18.5 Å². The van der Waals surface area contributed by atoms with Crippen molar-refractivity contribution in [2.24, 2.45) is 0 Å². The monoisotopic (exact) mass is 260 g/mol. The lowest BCUT2D eigenvalue weighted by molar-refractivity contribution is -0.137. The zero-order chi connectivity index (χ0) is 13.8. The van der Waals surface area contributed by atoms with E-state index in [2.05, 4.69) is 10.3 Å². The van der Waals surface area contributed by atoms with Crippen LogP contribution in [-0.4, -0.2) is 28.5 Å². The molecule has 1 aromatic heterocycles. The minimum Gasteiger partial charge on any atom is -0.481 e. The molecule has 0 spiro atoms. The number of H-pyrrole nitrogens is 1. The van der Waals surface area contributed by atoms with Crippen LogP contribution in [0.5, 0.6) is 0 Å². The maximum atomic E-state index is 12.1. The predicted molar refractivity (Wildman–Crippen MR) is 72.2 cm³/mol. The second kappa shape index (κ2) is 5.56. The Morgan fingerprint density at radius 2 is 2.05 bits per heavy atom. The highest BCUT2D eigenvalue weighted by atomic mass is 16.4. The van der Waals surface area contributed by atoms with Crippen molar-refractivity contribution in [3.63, 3.8) is 0 Å². The number of benzene rings is 1. The molecule has 0 radical (unpaired) electrons. The second-order valence-corrected chi connectivity index (χ2v) is 4.42. The van der Waals surface area contributed by atoms with Crippen LogP contribution in [0, 0.1) is 6.92 Å². The number of nitrogens with one attached hydrogen (secondary N) is 2. The topological polar surface area (TPSA) is 82.2 Å². The molecule has 0 saturated carbocycles. The molecule has 1 heterocycles. The Balaban J connectivity index is 2.09. The number of aromatic nitrogens is 1. The number of hydrogen-bond donors (Lipinski definition) is 3. The van der Waals surface area contributed by atoms with Crippen LogP contribution in [0.3, 0.4) is 0 Å². The molecule has 2 rings (SSSR count). The summed E-state index contributed by atoms with van der Waals surface area (Å²) in [6, 6.07) is 7.61. The summed E-state index contributed by atoms with van der Waals surface area (Å²) < 4.78 is 0. The molecule has 0 aliphatic rings. The van der Waals surface area contributed by atoms with E-state index in [-0.39, 0.29) is 12.3 Å². The van der Waals surface area contributed by atoms with E-state index in [1.165, 1.54) is 0 Å². The number of fused-ring (bicyclic) bond motifs is 1. The third-order valence-electron chi connectivity index (χ3n) is 2.97. The van der Waals surface area contributed by atoms with Gasteiger partial charge in [-0.3, -0.25) is 9.59 Å². The summed E-state index contributed by atoms with van der Waals surface area (Å²) in [6.07, 6.45) is 0.496. The molecule has 5 heteroatoms. The average Bonchev–Trinajstić information content (AvgIpc) is 2.70. The molecule has 0 atom stereocenters. The summed E-state index contributed by atoms with van der Waals surface area (Å²) in [6.45, 7) is 2.22. The number of carboxylic acid groups (broad SMARTS) is 1. The molecule has 0 aliphatic heterocycles. The number of hydrogen-bond acceptors (Lipinski definition) is 2. The van der Waals surface area contributed by atoms with Crippen LogP contribution in [0.1, 0.15) is 28.9 Å². The van der Waals surface area contributed by atoms with Gasteiger partial charge in [-0.1, -0.05) is 18.2 Å². The Kier molecular flexibility index (Phi) is 3.85. The molecule has 0 fully saturated rings. The number of rotatable bonds is 5. The zero-order valence-electron chi connectivity index (χ0n) is 10.7. The third-order valence-corrected chi connectivity index (χ3v) is 2.97. The Labute approximate surface area is 110 Å². The highest BCUT2D eigenvalue weighted by Crippen LogP contribution is 2.21. The van der Waals surface area contributed by atoms with E-state index < -0.39 is 5.97 Å². The molecule has 0 unspecified atom stereocenters. The van der Waals surface area contributed by atoms with Crippen LogP contribution < -0.4 is 5.32 Å². The Morgan fingerprint density at radius 1 is 1.32 bits per heavy atom. The first-order valence-corrected chi connectivity index (χ1v) is 6.17. The first-order chi connectivity index (χ1) is 9.09. The number of carbonyl (C=O) groups excluding carboxylic acids is 1. The summed E-state index contributed by atoms with van der Waals surface area (Å²) >= 11 is 0. The van der Waals surface area contributed by atoms with E-state index in [1.807, 2.05) is 31.2 Å². The van der Waals surface area contributed by atoms with Crippen molar-refractivity contribution < 1.29 is 14.7 Å². The molecule has 19 heavy (non-hydrogen) atoms. The van der Waals surface area contributed by atoms with Gasteiger partial charge in [0, 0.05) is 29.6 Å². The lowest BCUT2D eigenvalue weighted by atomic mass is 10.1. The number of aryl methyl sites for hydroxylation is 1. The highest BCUT2D eigenvalue weighted by molar-refractivity contribution is 6.08. The first kappa shape index (κ1) is 13.1. The van der Waals surface area contributed by atoms with Crippen molar-refractivity contribution in [1.82, 2.24) is 10.3 Å². The van der Waals surface area contributed by atoms with Gasteiger partial charge in [0.15, 0.2) is 0 Å². The predicted octanol–water partition coefficient (Wildman–Crippen LogP) is 2.07. The van der Waals surface area contributed by atoms with Gasteiger partial charge in [0.05, 0.1) is 5.56 Å². The fourth-order valence-electron chi connectivity index (χ4n) is 2.10. The van der Waals surface area contributed by atoms with Crippen molar-refractivity contribution in [3.8, 4) is 0 Å². The van der Waals surface area contributed by atoms with Gasteiger partial charge in [-0.05, 0) is 19.4 Å². The van der Waals surface area contributed by atoms with Gasteiger partial charge in [-0.2, -0.15) is 0 Å². The van der Waals surface area contributed by atoms with Gasteiger partial charge >= 0.3 is 5.97 Å². The lowest BCUT2D eigenvalue weighted by Gasteiger charge is -2.04. The van der Waals surface area contributed by atoms with Gasteiger partial charge in [0.2, 0.25) is 0 Å². The standard InChI is InChI=1S/C14H16N2O3/c1-9-13(10-5-2-3-6-11(10)16-9)14(19)15-8-4-7-12(17)18/h2-3,5-6,16H,4,7-8H2,1H3,(H,15,19)(H,17,18). The number of aliphatic carboxylic acids is 1. The third kappa shape index (κ3) is 2.93. The molecular weight excluding hydrogens is 244 g/mol. The van der Waals surface area contributed by atoms with Crippen molar-refractivity contribution in [1.29, 1.82) is 0 Å². The fourth-order valence-corrected chi connectivity index (χ4v) is 2.10. The maximum Gasteiger partial charge on any atom is 0.303 e. The molecule has 5 nitrogen and oxygen atoms in total. The number of carboxylic acids is 1. The number of aromatic amines is 1. The number of para-hydroxylation sites is 1. The van der Waals surface area contributed by atoms with Gasteiger partial charge in [-0.25, -0.2) is 0 Å². The molecular formula is C14H16N2O3. The number of amides is 1. The van der Waals surface area contributed by atoms with E-state index in [1.54, 1.807) is 0 Å². The second-order valence-electron chi connectivity index (χ2n) is 4.42. The average molecular weight is 260 g/mol. The van der Waals surface area contributed by atoms with E-state index >= 15 is 0 Å². The van der Waals surface area contributed by atoms with Crippen LogP contribution in [0.25, 0.3) is 10.9 Å². The smallest absolute Gasteiger partial charge is 0.303 e. The summed E-state index contributed by atoms with van der Waals surface area (Å²) in [5, 5.41) is 12.2. The van der Waals surface area contributed by atoms with Crippen LogP contribution in [0.2, 0.25) is 0 Å². The van der Waals surface area contributed by atoms with Crippen molar-refractivity contribution >= 4 is 22.8 Å². The van der Waals surface area contributed by atoms with E-state index in [4.69, 9.17) is 5.11 Å². The lowest BCUT2D eigenvalue weighted by Crippen LogP contribution is -2.25. The van der Waals surface area contributed by atoms with Gasteiger partial charge < -0.3 is 15.4 Å². The quantitative estimate of drug-likeness (QED) is 0.720. The molecule has 3 N–H and O–H groups in total. The number of carbonyl (C=O) groups is 2. The van der Waals surface area contributed by atoms with Gasteiger partial charge in [-0.15, -0.1) is 0 Å². The minimum atomic E-state index is -0.850. The summed E-state index contributed by atoms with van der Waals surface area (Å²) in [5.41, 5.74) is 2.37. The molecule has 1 aromatic carbocycles. The molecule has 100 valence electrons. The van der Waals surface area contributed by atoms with Crippen LogP contribution in [-0.2, 0) is 4.79 Å². The largest absolute Gasteiger partial charge is 0.481 e. The maximum absolute atomic E-state index is 12.1. The summed E-state index contributed by atoms with van der Waals surface area (Å²) in [5.74, 6) is -1.02. The van der Waals surface area contributed by atoms with E-state index in [0.717, 1.165) is 16.6 Å². The van der Waals surface area contributed by atoms with Crippen molar-refractivity contribution in [2.45, 2.75) is 19.8 Å². The van der Waals surface area contributed by atoms with Crippen LogP contribution in [0.15, 0.2) is 24.3 Å². The van der Waals surface area contributed by atoms with Crippen LogP contribution >= 0.6 is 0 Å². The molecule has 0 saturated heterocycles.